The van der Waals surface area contributed by atoms with Crippen molar-refractivity contribution in [3.8, 4) is 0 Å². The van der Waals surface area contributed by atoms with E-state index in [4.69, 9.17) is 9.47 Å². The van der Waals surface area contributed by atoms with Crippen molar-refractivity contribution in [2.24, 2.45) is 0 Å². The van der Waals surface area contributed by atoms with Crippen LogP contribution in [0.4, 0.5) is 0 Å². The van der Waals surface area contributed by atoms with Gasteiger partial charge in [0.2, 0.25) is 0 Å². The second-order valence-corrected chi connectivity index (χ2v) is 4.56. The fourth-order valence-electron chi connectivity index (χ4n) is 1.78. The summed E-state index contributed by atoms with van der Waals surface area (Å²) < 4.78 is 11.5. The van der Waals surface area contributed by atoms with Gasteiger partial charge < -0.3 is 9.47 Å². The number of hydrogen-bond donors (Lipinski definition) is 1. The van der Waals surface area contributed by atoms with Crippen LogP contribution in [0.25, 0.3) is 6.08 Å². The number of carbonyl (C=O) groups is 1. The highest BCUT2D eigenvalue weighted by molar-refractivity contribution is 5.89. The molecule has 0 spiro atoms. The van der Waals surface area contributed by atoms with Crippen molar-refractivity contribution in [1.82, 2.24) is 9.55 Å². The molecule has 2 aromatic rings. The lowest BCUT2D eigenvalue weighted by molar-refractivity contribution is 0.0162. The van der Waals surface area contributed by atoms with E-state index >= 15 is 0 Å². The standard InChI is InChI=1S/C16H16N2O5/c1-2-12-10-18(16(21)17-14(12)19)11-22-8-9-23-15(20)13-6-4-3-5-7-13/h2-7,10H,1,8-9,11H2,(H,17,19,21). The van der Waals surface area contributed by atoms with E-state index in [0.29, 0.717) is 5.56 Å². The quantitative estimate of drug-likeness (QED) is 0.608. The molecule has 0 unspecified atom stereocenters. The molecular weight excluding hydrogens is 300 g/mol. The maximum atomic E-state index is 11.7. The molecule has 7 nitrogen and oxygen atoms in total. The molecule has 0 bridgehead atoms. The lowest BCUT2D eigenvalue weighted by Gasteiger charge is -2.08. The first-order chi connectivity index (χ1) is 11.1. The van der Waals surface area contributed by atoms with E-state index in [9.17, 15) is 14.4 Å². The van der Waals surface area contributed by atoms with E-state index in [0.717, 1.165) is 0 Å². The predicted octanol–water partition coefficient (Wildman–Crippen LogP) is 1.01. The summed E-state index contributed by atoms with van der Waals surface area (Å²) in [5, 5.41) is 0. The molecule has 1 aromatic carbocycles. The maximum Gasteiger partial charge on any atom is 0.338 e. The first-order valence-electron chi connectivity index (χ1n) is 6.88. The SMILES string of the molecule is C=Cc1cn(COCCOC(=O)c2ccccc2)c(=O)[nH]c1=O. The number of hydrogen-bond acceptors (Lipinski definition) is 5. The van der Waals surface area contributed by atoms with Crippen molar-refractivity contribution in [3.05, 3.63) is 75.1 Å². The molecule has 1 aromatic heterocycles. The van der Waals surface area contributed by atoms with E-state index < -0.39 is 17.2 Å². The van der Waals surface area contributed by atoms with Crippen LogP contribution < -0.4 is 11.2 Å². The first-order valence-corrected chi connectivity index (χ1v) is 6.88. The number of benzene rings is 1. The minimum absolute atomic E-state index is 0.0557. The Morgan fingerprint density at radius 2 is 1.96 bits per heavy atom. The van der Waals surface area contributed by atoms with Crippen LogP contribution in [0.2, 0.25) is 0 Å². The molecule has 7 heteroatoms. The van der Waals surface area contributed by atoms with Gasteiger partial charge in [-0.25, -0.2) is 9.59 Å². The summed E-state index contributed by atoms with van der Waals surface area (Å²) in [6.07, 6.45) is 2.69. The van der Waals surface area contributed by atoms with Gasteiger partial charge in [-0.3, -0.25) is 14.3 Å². The van der Waals surface area contributed by atoms with Gasteiger partial charge in [-0.15, -0.1) is 0 Å². The van der Waals surface area contributed by atoms with Crippen molar-refractivity contribution in [3.63, 3.8) is 0 Å². The molecule has 1 heterocycles. The Balaban J connectivity index is 1.80. The Hall–Kier alpha value is -2.93. The second kappa shape index (κ2) is 7.90. The van der Waals surface area contributed by atoms with Gasteiger partial charge in [0.15, 0.2) is 0 Å². The van der Waals surface area contributed by atoms with Crippen molar-refractivity contribution in [2.45, 2.75) is 6.73 Å². The summed E-state index contributed by atoms with van der Waals surface area (Å²) in [5.41, 5.74) is -0.358. The van der Waals surface area contributed by atoms with Crippen LogP contribution in [-0.2, 0) is 16.2 Å². The van der Waals surface area contributed by atoms with Crippen LogP contribution in [-0.4, -0.2) is 28.7 Å². The molecule has 0 fully saturated rings. The predicted molar refractivity (Wildman–Crippen MR) is 84.1 cm³/mol. The molecule has 0 saturated carbocycles. The van der Waals surface area contributed by atoms with Crippen molar-refractivity contribution >= 4 is 12.0 Å². The average Bonchev–Trinajstić information content (AvgIpc) is 2.57. The number of esters is 1. The largest absolute Gasteiger partial charge is 0.460 e. The molecule has 0 aliphatic rings. The van der Waals surface area contributed by atoms with Crippen LogP contribution >= 0.6 is 0 Å². The second-order valence-electron chi connectivity index (χ2n) is 4.56. The number of carbonyl (C=O) groups excluding carboxylic acids is 1. The zero-order chi connectivity index (χ0) is 16.7. The molecule has 1 N–H and O–H groups in total. The van der Waals surface area contributed by atoms with Gasteiger partial charge in [0.1, 0.15) is 13.3 Å². The van der Waals surface area contributed by atoms with Crippen LogP contribution in [0.15, 0.2) is 52.7 Å². The summed E-state index contributed by atoms with van der Waals surface area (Å²) in [6.45, 7) is 3.59. The van der Waals surface area contributed by atoms with Gasteiger partial charge in [0.25, 0.3) is 5.56 Å². The summed E-state index contributed by atoms with van der Waals surface area (Å²) in [4.78, 5) is 36.8. The Kier molecular flexibility index (Phi) is 5.65. The lowest BCUT2D eigenvalue weighted by atomic mass is 10.2. The number of aromatic amines is 1. The van der Waals surface area contributed by atoms with E-state index in [2.05, 4.69) is 11.6 Å². The third kappa shape index (κ3) is 4.52. The number of nitrogens with zero attached hydrogens (tertiary/aromatic N) is 1. The normalized spacial score (nSPS) is 10.3. The molecule has 0 aliphatic carbocycles. The number of aromatic nitrogens is 2. The highest BCUT2D eigenvalue weighted by Crippen LogP contribution is 2.00. The minimum atomic E-state index is -0.582. The summed E-state index contributed by atoms with van der Waals surface area (Å²) in [5.74, 6) is -0.440. The molecular formula is C16H16N2O5. The minimum Gasteiger partial charge on any atom is -0.460 e. The van der Waals surface area contributed by atoms with Gasteiger partial charge >= 0.3 is 11.7 Å². The maximum absolute atomic E-state index is 11.7. The zero-order valence-corrected chi connectivity index (χ0v) is 12.4. The molecule has 0 aliphatic heterocycles. The molecule has 120 valence electrons. The molecule has 2 rings (SSSR count). The summed E-state index contributed by atoms with van der Waals surface area (Å²) in [6, 6.07) is 8.60. The Labute approximate surface area is 131 Å². The van der Waals surface area contributed by atoms with Crippen LogP contribution in [0, 0.1) is 0 Å². The van der Waals surface area contributed by atoms with Gasteiger partial charge in [0, 0.05) is 6.20 Å². The van der Waals surface area contributed by atoms with Crippen LogP contribution in [0.5, 0.6) is 0 Å². The average molecular weight is 316 g/mol. The Morgan fingerprint density at radius 3 is 2.65 bits per heavy atom. The molecule has 0 radical (unpaired) electrons. The first kappa shape index (κ1) is 16.4. The topological polar surface area (TPSA) is 90.4 Å². The third-order valence-corrected chi connectivity index (χ3v) is 2.96. The van der Waals surface area contributed by atoms with Gasteiger partial charge in [-0.2, -0.15) is 0 Å². The number of rotatable bonds is 7. The Morgan fingerprint density at radius 1 is 1.22 bits per heavy atom. The van der Waals surface area contributed by atoms with Crippen molar-refractivity contribution in [1.29, 1.82) is 0 Å². The molecule has 23 heavy (non-hydrogen) atoms. The number of ether oxygens (including phenoxy) is 2. The summed E-state index contributed by atoms with van der Waals surface area (Å²) >= 11 is 0. The van der Waals surface area contributed by atoms with Crippen molar-refractivity contribution < 1.29 is 14.3 Å². The number of H-pyrrole nitrogens is 1. The molecule has 0 amide bonds. The highest BCUT2D eigenvalue weighted by Gasteiger charge is 2.06. The fraction of sp³-hybridized carbons (Fsp3) is 0.188. The van der Waals surface area contributed by atoms with Gasteiger partial charge in [-0.1, -0.05) is 30.9 Å². The van der Waals surface area contributed by atoms with E-state index in [-0.39, 0.29) is 25.5 Å². The van der Waals surface area contributed by atoms with E-state index in [1.54, 1.807) is 30.3 Å². The fourth-order valence-corrected chi connectivity index (χ4v) is 1.78. The Bertz CT molecular complexity index is 792. The lowest BCUT2D eigenvalue weighted by Crippen LogP contribution is -2.31. The van der Waals surface area contributed by atoms with E-state index in [1.165, 1.54) is 16.8 Å². The van der Waals surface area contributed by atoms with Gasteiger partial charge in [-0.05, 0) is 12.1 Å². The monoisotopic (exact) mass is 316 g/mol. The van der Waals surface area contributed by atoms with Gasteiger partial charge in [0.05, 0.1) is 17.7 Å². The molecule has 0 saturated heterocycles. The highest BCUT2D eigenvalue weighted by atomic mass is 16.6. The smallest absolute Gasteiger partial charge is 0.338 e. The van der Waals surface area contributed by atoms with Crippen LogP contribution in [0.3, 0.4) is 0 Å². The summed E-state index contributed by atoms with van der Waals surface area (Å²) in [7, 11) is 0. The van der Waals surface area contributed by atoms with E-state index in [1.807, 2.05) is 0 Å². The zero-order valence-electron chi connectivity index (χ0n) is 12.4. The third-order valence-electron chi connectivity index (χ3n) is 2.96. The molecule has 0 atom stereocenters. The number of nitrogens with one attached hydrogen (secondary N) is 1. The van der Waals surface area contributed by atoms with Crippen LogP contribution in [0.1, 0.15) is 15.9 Å². The van der Waals surface area contributed by atoms with Crippen molar-refractivity contribution in [2.75, 3.05) is 13.2 Å².